The molecular weight excluding hydrogens is 384 g/mol. The fourth-order valence-corrected chi connectivity index (χ4v) is 4.06. The summed E-state index contributed by atoms with van der Waals surface area (Å²) in [6.45, 7) is 3.94. The Morgan fingerprint density at radius 3 is 2.79 bits per heavy atom. The third-order valence-corrected chi connectivity index (χ3v) is 5.89. The van der Waals surface area contributed by atoms with Gasteiger partial charge in [-0.05, 0) is 55.5 Å². The lowest BCUT2D eigenvalue weighted by atomic mass is 9.74. The van der Waals surface area contributed by atoms with Gasteiger partial charge in [0.05, 0.1) is 5.69 Å². The van der Waals surface area contributed by atoms with Gasteiger partial charge in [0.15, 0.2) is 11.5 Å². The van der Waals surface area contributed by atoms with Crippen molar-refractivity contribution < 1.29 is 23.5 Å². The molecule has 8 heteroatoms. The lowest BCUT2D eigenvalue weighted by Gasteiger charge is -2.38. The summed E-state index contributed by atoms with van der Waals surface area (Å²) in [5.41, 5.74) is 2.46. The quantitative estimate of drug-likeness (QED) is 0.793. The standard InChI is InChI=1S/C20H23ClN2O5/c1-13-15(19(21)28-23-13)3-5-18(24)22-11-20(6-8-25-9-7-20)14-2-4-16-17(10-14)27-12-26-16/h2,4,10H,3,5-9,11-12H2,1H3,(H,22,24). The number of nitrogens with zero attached hydrogens (tertiary/aromatic N) is 1. The Balaban J connectivity index is 1.43. The van der Waals surface area contributed by atoms with Crippen LogP contribution in [0.25, 0.3) is 0 Å². The van der Waals surface area contributed by atoms with Gasteiger partial charge in [0, 0.05) is 37.2 Å². The number of aromatic nitrogens is 1. The molecule has 2 aliphatic rings. The van der Waals surface area contributed by atoms with Gasteiger partial charge < -0.3 is 24.1 Å². The molecule has 1 aromatic carbocycles. The highest BCUT2D eigenvalue weighted by molar-refractivity contribution is 6.29. The van der Waals surface area contributed by atoms with Gasteiger partial charge in [-0.15, -0.1) is 0 Å². The summed E-state index contributed by atoms with van der Waals surface area (Å²) >= 11 is 5.98. The number of benzene rings is 1. The first-order valence-corrected chi connectivity index (χ1v) is 9.80. The summed E-state index contributed by atoms with van der Waals surface area (Å²) in [4.78, 5) is 12.5. The van der Waals surface area contributed by atoms with Gasteiger partial charge in [-0.25, -0.2) is 0 Å². The lowest BCUT2D eigenvalue weighted by Crippen LogP contribution is -2.44. The van der Waals surface area contributed by atoms with E-state index >= 15 is 0 Å². The summed E-state index contributed by atoms with van der Waals surface area (Å²) in [6.07, 6.45) is 2.50. The zero-order chi connectivity index (χ0) is 19.6. The number of aryl methyl sites for hydroxylation is 1. The Bertz CT molecular complexity index is 841. The van der Waals surface area contributed by atoms with E-state index in [4.69, 9.17) is 30.3 Å². The van der Waals surface area contributed by atoms with Crippen LogP contribution in [0.3, 0.4) is 0 Å². The molecule has 7 nitrogen and oxygen atoms in total. The minimum atomic E-state index is -0.181. The molecule has 0 spiro atoms. The molecule has 1 amide bonds. The van der Waals surface area contributed by atoms with Crippen molar-refractivity contribution in [3.63, 3.8) is 0 Å². The molecule has 4 rings (SSSR count). The lowest BCUT2D eigenvalue weighted by molar-refractivity contribution is -0.121. The second-order valence-electron chi connectivity index (χ2n) is 7.26. The van der Waals surface area contributed by atoms with Crippen LogP contribution < -0.4 is 14.8 Å². The summed E-state index contributed by atoms with van der Waals surface area (Å²) < 4.78 is 21.5. The second-order valence-corrected chi connectivity index (χ2v) is 7.60. The minimum Gasteiger partial charge on any atom is -0.454 e. The van der Waals surface area contributed by atoms with Crippen molar-refractivity contribution in [1.82, 2.24) is 10.5 Å². The second kappa shape index (κ2) is 8.01. The molecule has 28 heavy (non-hydrogen) atoms. The maximum absolute atomic E-state index is 12.5. The number of hydrogen-bond acceptors (Lipinski definition) is 6. The van der Waals surface area contributed by atoms with E-state index in [0.717, 1.165) is 41.2 Å². The van der Waals surface area contributed by atoms with Crippen LogP contribution in [0.5, 0.6) is 11.5 Å². The highest BCUT2D eigenvalue weighted by Crippen LogP contribution is 2.40. The molecule has 1 N–H and O–H groups in total. The molecular formula is C20H23ClN2O5. The highest BCUT2D eigenvalue weighted by Gasteiger charge is 2.36. The van der Waals surface area contributed by atoms with Crippen LogP contribution >= 0.6 is 11.6 Å². The van der Waals surface area contributed by atoms with Crippen LogP contribution in [0, 0.1) is 6.92 Å². The van der Waals surface area contributed by atoms with Crippen LogP contribution in [0.15, 0.2) is 22.7 Å². The summed E-state index contributed by atoms with van der Waals surface area (Å²) in [6, 6.07) is 6.03. The van der Waals surface area contributed by atoms with Crippen molar-refractivity contribution in [2.24, 2.45) is 0 Å². The molecule has 2 aliphatic heterocycles. The van der Waals surface area contributed by atoms with E-state index in [2.05, 4.69) is 16.5 Å². The molecule has 0 bridgehead atoms. The van der Waals surface area contributed by atoms with Crippen molar-refractivity contribution >= 4 is 17.5 Å². The van der Waals surface area contributed by atoms with E-state index in [1.54, 1.807) is 0 Å². The van der Waals surface area contributed by atoms with Gasteiger partial charge in [-0.1, -0.05) is 11.2 Å². The van der Waals surface area contributed by atoms with E-state index in [0.29, 0.717) is 32.6 Å². The Labute approximate surface area is 168 Å². The fourth-order valence-electron chi connectivity index (χ4n) is 3.79. The third-order valence-electron chi connectivity index (χ3n) is 5.60. The molecule has 0 unspecified atom stereocenters. The molecule has 3 heterocycles. The smallest absolute Gasteiger partial charge is 0.231 e. The van der Waals surface area contributed by atoms with Gasteiger partial charge in [-0.2, -0.15) is 0 Å². The molecule has 0 aliphatic carbocycles. The average Bonchev–Trinajstić information content (AvgIpc) is 3.31. The Morgan fingerprint density at radius 1 is 1.25 bits per heavy atom. The minimum absolute atomic E-state index is 0.0247. The molecule has 1 fully saturated rings. The van der Waals surface area contributed by atoms with Gasteiger partial charge >= 0.3 is 0 Å². The van der Waals surface area contributed by atoms with Gasteiger partial charge in [0.1, 0.15) is 0 Å². The predicted octanol–water partition coefficient (Wildman–Crippen LogP) is 3.16. The topological polar surface area (TPSA) is 82.8 Å². The van der Waals surface area contributed by atoms with E-state index in [1.165, 1.54) is 0 Å². The van der Waals surface area contributed by atoms with E-state index in [9.17, 15) is 4.79 Å². The molecule has 1 saturated heterocycles. The zero-order valence-electron chi connectivity index (χ0n) is 15.8. The monoisotopic (exact) mass is 406 g/mol. The molecule has 0 saturated carbocycles. The van der Waals surface area contributed by atoms with Gasteiger partial charge in [0.2, 0.25) is 17.9 Å². The first kappa shape index (κ1) is 19.1. The SMILES string of the molecule is Cc1noc(Cl)c1CCC(=O)NCC1(c2ccc3c(c2)OCO3)CCOCC1. The molecule has 1 aromatic heterocycles. The fraction of sp³-hybridized carbons (Fsp3) is 0.500. The number of rotatable bonds is 6. The van der Waals surface area contributed by atoms with Crippen molar-refractivity contribution in [3.05, 3.63) is 40.2 Å². The zero-order valence-corrected chi connectivity index (χ0v) is 16.5. The number of nitrogens with one attached hydrogen (secondary N) is 1. The van der Waals surface area contributed by atoms with Crippen molar-refractivity contribution in [2.75, 3.05) is 26.6 Å². The number of ether oxygens (including phenoxy) is 3. The van der Waals surface area contributed by atoms with Crippen LogP contribution in [0.4, 0.5) is 0 Å². The molecule has 0 radical (unpaired) electrons. The normalized spacial score (nSPS) is 17.5. The summed E-state index contributed by atoms with van der Waals surface area (Å²) in [5, 5.41) is 7.17. The first-order valence-electron chi connectivity index (χ1n) is 9.43. The number of halogens is 1. The summed E-state index contributed by atoms with van der Waals surface area (Å²) in [7, 11) is 0. The number of amides is 1. The first-order chi connectivity index (χ1) is 13.6. The van der Waals surface area contributed by atoms with Crippen molar-refractivity contribution in [1.29, 1.82) is 0 Å². The highest BCUT2D eigenvalue weighted by atomic mass is 35.5. The maximum Gasteiger partial charge on any atom is 0.231 e. The molecule has 2 aromatic rings. The van der Waals surface area contributed by atoms with Crippen LogP contribution in [-0.2, 0) is 21.4 Å². The van der Waals surface area contributed by atoms with Crippen LogP contribution in [0.2, 0.25) is 5.22 Å². The maximum atomic E-state index is 12.5. The van der Waals surface area contributed by atoms with Gasteiger partial charge in [-0.3, -0.25) is 4.79 Å². The van der Waals surface area contributed by atoms with Crippen molar-refractivity contribution in [3.8, 4) is 11.5 Å². The largest absolute Gasteiger partial charge is 0.454 e. The predicted molar refractivity (Wildman–Crippen MR) is 102 cm³/mol. The van der Waals surface area contributed by atoms with Gasteiger partial charge in [0.25, 0.3) is 0 Å². The van der Waals surface area contributed by atoms with Crippen LogP contribution in [-0.4, -0.2) is 37.6 Å². The third kappa shape index (κ3) is 3.82. The average molecular weight is 407 g/mol. The van der Waals surface area contributed by atoms with Crippen molar-refractivity contribution in [2.45, 2.75) is 38.0 Å². The Morgan fingerprint density at radius 2 is 2.04 bits per heavy atom. The van der Waals surface area contributed by atoms with Crippen LogP contribution in [0.1, 0.15) is 36.1 Å². The molecule has 0 atom stereocenters. The Hall–Kier alpha value is -2.25. The number of carbonyl (C=O) groups excluding carboxylic acids is 1. The molecule has 150 valence electrons. The number of fused-ring (bicyclic) bond motifs is 1. The van der Waals surface area contributed by atoms with E-state index in [1.807, 2.05) is 19.1 Å². The van der Waals surface area contributed by atoms with E-state index in [-0.39, 0.29) is 23.3 Å². The number of carbonyl (C=O) groups is 1. The number of hydrogen-bond donors (Lipinski definition) is 1. The summed E-state index contributed by atoms with van der Waals surface area (Å²) in [5.74, 6) is 1.49. The Kier molecular flexibility index (Phi) is 5.46. The van der Waals surface area contributed by atoms with E-state index < -0.39 is 0 Å².